The van der Waals surface area contributed by atoms with Gasteiger partial charge in [0.25, 0.3) is 0 Å². The Hall–Kier alpha value is -0.600. The predicted molar refractivity (Wildman–Crippen MR) is 67.4 cm³/mol. The number of alkyl halides is 1. The first-order valence-corrected chi connectivity index (χ1v) is 6.25. The van der Waals surface area contributed by atoms with Crippen molar-refractivity contribution in [1.82, 2.24) is 5.32 Å². The van der Waals surface area contributed by atoms with Gasteiger partial charge in [-0.1, -0.05) is 13.0 Å². The first-order chi connectivity index (χ1) is 7.67. The van der Waals surface area contributed by atoms with E-state index in [9.17, 15) is 4.39 Å². The fourth-order valence-corrected chi connectivity index (χ4v) is 1.93. The molecule has 0 aliphatic carbocycles. The summed E-state index contributed by atoms with van der Waals surface area (Å²) in [4.78, 5) is 0. The summed E-state index contributed by atoms with van der Waals surface area (Å²) in [6.45, 7) is 4.83. The largest absolute Gasteiger partial charge is 0.310 e. The highest BCUT2D eigenvalue weighted by Gasteiger charge is 2.06. The van der Waals surface area contributed by atoms with Crippen LogP contribution >= 0.6 is 11.6 Å². The second-order valence-electron chi connectivity index (χ2n) is 4.03. The van der Waals surface area contributed by atoms with Crippen molar-refractivity contribution in [3.8, 4) is 0 Å². The minimum absolute atomic E-state index is 0.173. The van der Waals surface area contributed by atoms with E-state index < -0.39 is 0 Å². The number of rotatable bonds is 6. The molecule has 1 unspecified atom stereocenters. The van der Waals surface area contributed by atoms with Gasteiger partial charge in [0.05, 0.1) is 0 Å². The van der Waals surface area contributed by atoms with Crippen LogP contribution in [0, 0.1) is 12.7 Å². The molecule has 0 saturated heterocycles. The Bertz CT molecular complexity index is 328. The highest BCUT2D eigenvalue weighted by atomic mass is 35.5. The molecule has 1 rings (SSSR count). The van der Waals surface area contributed by atoms with Gasteiger partial charge in [-0.05, 0) is 43.0 Å². The van der Waals surface area contributed by atoms with Crippen molar-refractivity contribution >= 4 is 11.6 Å². The molecule has 1 atom stereocenters. The molecule has 3 heteroatoms. The van der Waals surface area contributed by atoms with E-state index in [4.69, 9.17) is 11.6 Å². The van der Waals surface area contributed by atoms with Crippen LogP contribution in [0.3, 0.4) is 0 Å². The summed E-state index contributed by atoms with van der Waals surface area (Å²) in [5.74, 6) is 0.487. The summed E-state index contributed by atoms with van der Waals surface area (Å²) < 4.78 is 13.1. The zero-order valence-electron chi connectivity index (χ0n) is 9.89. The second-order valence-corrected chi connectivity index (χ2v) is 4.41. The maximum atomic E-state index is 13.1. The number of aryl methyl sites for hydroxylation is 1. The molecule has 0 aromatic heterocycles. The lowest BCUT2D eigenvalue weighted by atomic mass is 10.1. The van der Waals surface area contributed by atoms with Crippen LogP contribution < -0.4 is 5.32 Å². The SMILES string of the molecule is CCC(CCCl)NCc1cc(F)ccc1C. The third-order valence-corrected chi connectivity index (χ3v) is 3.06. The summed E-state index contributed by atoms with van der Waals surface area (Å²) in [5.41, 5.74) is 2.14. The smallest absolute Gasteiger partial charge is 0.123 e. The van der Waals surface area contributed by atoms with E-state index in [1.165, 1.54) is 6.07 Å². The molecule has 0 amide bonds. The van der Waals surface area contributed by atoms with Crippen molar-refractivity contribution in [2.45, 2.75) is 39.3 Å². The van der Waals surface area contributed by atoms with Crippen LogP contribution in [0.15, 0.2) is 18.2 Å². The monoisotopic (exact) mass is 243 g/mol. The topological polar surface area (TPSA) is 12.0 Å². The standard InChI is InChI=1S/C13H19ClFN/c1-3-13(6-7-14)16-9-11-8-12(15)5-4-10(11)2/h4-5,8,13,16H,3,6-7,9H2,1-2H3. The third kappa shape index (κ3) is 4.11. The van der Waals surface area contributed by atoms with Gasteiger partial charge in [-0.3, -0.25) is 0 Å². The van der Waals surface area contributed by atoms with Gasteiger partial charge in [-0.15, -0.1) is 11.6 Å². The van der Waals surface area contributed by atoms with Crippen LogP contribution in [-0.2, 0) is 6.54 Å². The van der Waals surface area contributed by atoms with E-state index in [2.05, 4.69) is 12.2 Å². The number of benzene rings is 1. The second kappa shape index (κ2) is 6.87. The highest BCUT2D eigenvalue weighted by Crippen LogP contribution is 2.11. The van der Waals surface area contributed by atoms with E-state index in [1.54, 1.807) is 6.07 Å². The maximum absolute atomic E-state index is 13.1. The van der Waals surface area contributed by atoms with E-state index in [-0.39, 0.29) is 5.82 Å². The Morgan fingerprint density at radius 3 is 2.81 bits per heavy atom. The van der Waals surface area contributed by atoms with Gasteiger partial charge < -0.3 is 5.32 Å². The van der Waals surface area contributed by atoms with Crippen LogP contribution in [0.4, 0.5) is 4.39 Å². The molecule has 0 radical (unpaired) electrons. The molecule has 0 spiro atoms. The van der Waals surface area contributed by atoms with Crippen LogP contribution in [0.1, 0.15) is 30.9 Å². The van der Waals surface area contributed by atoms with Crippen molar-refractivity contribution < 1.29 is 4.39 Å². The molecular formula is C13H19ClFN. The Morgan fingerprint density at radius 1 is 1.44 bits per heavy atom. The molecule has 90 valence electrons. The fraction of sp³-hybridized carbons (Fsp3) is 0.538. The first kappa shape index (κ1) is 13.5. The number of hydrogen-bond acceptors (Lipinski definition) is 1. The lowest BCUT2D eigenvalue weighted by Crippen LogP contribution is -2.28. The van der Waals surface area contributed by atoms with Gasteiger partial charge >= 0.3 is 0 Å². The summed E-state index contributed by atoms with van der Waals surface area (Å²) in [5, 5.41) is 3.40. The maximum Gasteiger partial charge on any atom is 0.123 e. The predicted octanol–water partition coefficient (Wildman–Crippen LogP) is 3.63. The lowest BCUT2D eigenvalue weighted by molar-refractivity contribution is 0.484. The molecule has 0 aliphatic heterocycles. The Morgan fingerprint density at radius 2 is 2.19 bits per heavy atom. The molecule has 16 heavy (non-hydrogen) atoms. The van der Waals surface area contributed by atoms with Gasteiger partial charge in [0, 0.05) is 18.5 Å². The normalized spacial score (nSPS) is 12.8. The van der Waals surface area contributed by atoms with Crippen molar-refractivity contribution in [1.29, 1.82) is 0 Å². The van der Waals surface area contributed by atoms with E-state index in [1.807, 2.05) is 13.0 Å². The van der Waals surface area contributed by atoms with Crippen molar-refractivity contribution in [3.63, 3.8) is 0 Å². The van der Waals surface area contributed by atoms with Crippen molar-refractivity contribution in [3.05, 3.63) is 35.1 Å². The quantitative estimate of drug-likeness (QED) is 0.753. The number of hydrogen-bond donors (Lipinski definition) is 1. The van der Waals surface area contributed by atoms with Crippen LogP contribution in [0.5, 0.6) is 0 Å². The number of halogens is 2. The summed E-state index contributed by atoms with van der Waals surface area (Å²) in [7, 11) is 0. The van der Waals surface area contributed by atoms with E-state index in [0.29, 0.717) is 18.5 Å². The van der Waals surface area contributed by atoms with Gasteiger partial charge in [-0.2, -0.15) is 0 Å². The first-order valence-electron chi connectivity index (χ1n) is 5.71. The third-order valence-electron chi connectivity index (χ3n) is 2.84. The lowest BCUT2D eigenvalue weighted by Gasteiger charge is -2.16. The van der Waals surface area contributed by atoms with Gasteiger partial charge in [0.15, 0.2) is 0 Å². The van der Waals surface area contributed by atoms with Gasteiger partial charge in [0.2, 0.25) is 0 Å². The molecule has 1 N–H and O–H groups in total. The van der Waals surface area contributed by atoms with Gasteiger partial charge in [0.1, 0.15) is 5.82 Å². The minimum atomic E-state index is -0.173. The molecule has 0 saturated carbocycles. The van der Waals surface area contributed by atoms with Crippen LogP contribution in [0.2, 0.25) is 0 Å². The fourth-order valence-electron chi connectivity index (χ4n) is 1.67. The van der Waals surface area contributed by atoms with E-state index >= 15 is 0 Å². The summed E-state index contributed by atoms with van der Waals surface area (Å²) in [6, 6.07) is 5.32. The van der Waals surface area contributed by atoms with Crippen molar-refractivity contribution in [2.24, 2.45) is 0 Å². The molecule has 1 aromatic rings. The summed E-state index contributed by atoms with van der Waals surface area (Å²) in [6.07, 6.45) is 1.99. The molecule has 1 nitrogen and oxygen atoms in total. The average molecular weight is 244 g/mol. The zero-order valence-corrected chi connectivity index (χ0v) is 10.6. The molecule has 1 aromatic carbocycles. The Balaban J connectivity index is 2.55. The number of nitrogens with one attached hydrogen (secondary N) is 1. The Labute approximate surface area is 102 Å². The molecule has 0 aliphatic rings. The molecule has 0 heterocycles. The summed E-state index contributed by atoms with van der Waals surface area (Å²) >= 11 is 5.71. The molecular weight excluding hydrogens is 225 g/mol. The van der Waals surface area contributed by atoms with E-state index in [0.717, 1.165) is 24.0 Å². The minimum Gasteiger partial charge on any atom is -0.310 e. The van der Waals surface area contributed by atoms with Crippen LogP contribution in [-0.4, -0.2) is 11.9 Å². The molecule has 0 fully saturated rings. The average Bonchev–Trinajstić information content (AvgIpc) is 2.28. The zero-order chi connectivity index (χ0) is 12.0. The Kier molecular flexibility index (Phi) is 5.78. The van der Waals surface area contributed by atoms with Crippen molar-refractivity contribution in [2.75, 3.05) is 5.88 Å². The highest BCUT2D eigenvalue weighted by molar-refractivity contribution is 6.17. The van der Waals surface area contributed by atoms with Crippen LogP contribution in [0.25, 0.3) is 0 Å². The molecule has 0 bridgehead atoms. The van der Waals surface area contributed by atoms with Gasteiger partial charge in [-0.25, -0.2) is 4.39 Å².